The van der Waals surface area contributed by atoms with Gasteiger partial charge in [0, 0.05) is 29.6 Å². The van der Waals surface area contributed by atoms with Crippen LogP contribution >= 0.6 is 0 Å². The Morgan fingerprint density at radius 3 is 2.47 bits per heavy atom. The monoisotopic (exact) mass is 413 g/mol. The number of carboxylic acids is 1. The molecule has 0 aliphatic heterocycles. The van der Waals surface area contributed by atoms with Crippen LogP contribution in [0, 0.1) is 5.82 Å². The average molecular weight is 413 g/mol. The van der Waals surface area contributed by atoms with Crippen LogP contribution in [-0.4, -0.2) is 35.5 Å². The molecule has 0 radical (unpaired) electrons. The van der Waals surface area contributed by atoms with E-state index >= 15 is 0 Å². The van der Waals surface area contributed by atoms with E-state index in [0.717, 1.165) is 5.56 Å². The lowest BCUT2D eigenvalue weighted by Gasteiger charge is -2.14. The van der Waals surface area contributed by atoms with Gasteiger partial charge in [-0.2, -0.15) is 0 Å². The first-order valence-electron chi connectivity index (χ1n) is 9.01. The fraction of sp³-hybridized carbons (Fsp3) is 0.250. The number of carboxylic acid groups (broad SMARTS) is 1. The van der Waals surface area contributed by atoms with Crippen LogP contribution in [0.2, 0.25) is 0 Å². The van der Waals surface area contributed by atoms with Gasteiger partial charge in [-0.15, -0.1) is 0 Å². The van der Waals surface area contributed by atoms with E-state index in [1.807, 2.05) is 0 Å². The number of carbonyl (C=O) groups excluding carboxylic acids is 2. The highest BCUT2D eigenvalue weighted by Gasteiger charge is 2.16. The third kappa shape index (κ3) is 7.25. The van der Waals surface area contributed by atoms with Crippen molar-refractivity contribution in [3.8, 4) is 0 Å². The predicted octanol–water partition coefficient (Wildman–Crippen LogP) is 2.57. The van der Waals surface area contributed by atoms with Crippen LogP contribution in [0.5, 0.6) is 0 Å². The number of rotatable bonds is 10. The Morgan fingerprint density at radius 2 is 1.83 bits per heavy atom. The molecule has 0 spiro atoms. The van der Waals surface area contributed by atoms with E-state index in [1.165, 1.54) is 18.2 Å². The molecule has 2 aromatic carbocycles. The van der Waals surface area contributed by atoms with Gasteiger partial charge in [-0.1, -0.05) is 35.4 Å². The molecule has 0 aromatic heterocycles. The fourth-order valence-corrected chi connectivity index (χ4v) is 2.63. The summed E-state index contributed by atoms with van der Waals surface area (Å²) in [5, 5.41) is 17.4. The van der Waals surface area contributed by atoms with E-state index in [4.69, 9.17) is 10.6 Å². The normalized spacial score (nSPS) is 11.1. The number of carbonyl (C=O) groups is 3. The molecular weight excluding hydrogens is 393 g/mol. The quantitative estimate of drug-likeness (QED) is 0.312. The summed E-state index contributed by atoms with van der Waals surface area (Å²) in [5.41, 5.74) is 9.68. The standard InChI is InChI=1S/C20H20FN5O4/c21-17-4-2-1-3-15(17)9-18(27)23-11-13-5-7-14(8-6-13)20(30)25-16(10-19(28)29)12-24-26-22/h1-8,16H,9-12H2,(H,23,27)(H,25,30)(H,28,29)/t16-/m0/s1. The van der Waals surface area contributed by atoms with Crippen molar-refractivity contribution in [3.05, 3.63) is 81.5 Å². The summed E-state index contributed by atoms with van der Waals surface area (Å²) in [5.74, 6) is -2.42. The zero-order valence-electron chi connectivity index (χ0n) is 15.9. The molecular formula is C20H20FN5O4. The highest BCUT2D eigenvalue weighted by Crippen LogP contribution is 2.08. The molecule has 0 fully saturated rings. The number of benzene rings is 2. The number of hydrogen-bond acceptors (Lipinski definition) is 4. The SMILES string of the molecule is [N-]=[N+]=NC[C@H](CC(=O)O)NC(=O)c1ccc(CNC(=O)Cc2ccccc2F)cc1. The molecule has 2 aromatic rings. The Balaban J connectivity index is 1.89. The highest BCUT2D eigenvalue weighted by molar-refractivity contribution is 5.94. The van der Waals surface area contributed by atoms with Gasteiger partial charge in [0.15, 0.2) is 0 Å². The lowest BCUT2D eigenvalue weighted by Crippen LogP contribution is -2.38. The van der Waals surface area contributed by atoms with Gasteiger partial charge in [-0.3, -0.25) is 14.4 Å². The van der Waals surface area contributed by atoms with Crippen molar-refractivity contribution in [2.45, 2.75) is 25.4 Å². The number of halogens is 1. The minimum absolute atomic E-state index is 0.0801. The molecule has 0 unspecified atom stereocenters. The van der Waals surface area contributed by atoms with Crippen molar-refractivity contribution >= 4 is 17.8 Å². The maximum absolute atomic E-state index is 13.6. The zero-order valence-corrected chi connectivity index (χ0v) is 15.9. The molecule has 1 atom stereocenters. The van der Waals surface area contributed by atoms with E-state index in [-0.39, 0.29) is 37.4 Å². The maximum atomic E-state index is 13.6. The second kappa shape index (κ2) is 11.2. The van der Waals surface area contributed by atoms with Gasteiger partial charge in [-0.05, 0) is 34.9 Å². The predicted molar refractivity (Wildman–Crippen MR) is 106 cm³/mol. The van der Waals surface area contributed by atoms with Gasteiger partial charge >= 0.3 is 5.97 Å². The largest absolute Gasteiger partial charge is 0.481 e. The van der Waals surface area contributed by atoms with E-state index < -0.39 is 23.7 Å². The van der Waals surface area contributed by atoms with Crippen LogP contribution in [0.15, 0.2) is 53.6 Å². The highest BCUT2D eigenvalue weighted by atomic mass is 19.1. The summed E-state index contributed by atoms with van der Waals surface area (Å²) in [6.45, 7) is 0.0222. The molecule has 0 saturated carbocycles. The van der Waals surface area contributed by atoms with Gasteiger partial charge < -0.3 is 15.7 Å². The average Bonchev–Trinajstić information content (AvgIpc) is 2.72. The van der Waals surface area contributed by atoms with Gasteiger partial charge in [0.25, 0.3) is 5.91 Å². The molecule has 9 nitrogen and oxygen atoms in total. The van der Waals surface area contributed by atoms with Crippen molar-refractivity contribution < 1.29 is 23.9 Å². The van der Waals surface area contributed by atoms with E-state index in [1.54, 1.807) is 30.3 Å². The van der Waals surface area contributed by atoms with Gasteiger partial charge in [0.2, 0.25) is 5.91 Å². The number of nitrogens with zero attached hydrogens (tertiary/aromatic N) is 3. The Labute approximate surface area is 171 Å². The Bertz CT molecular complexity index is 954. The third-order valence-corrected chi connectivity index (χ3v) is 4.14. The summed E-state index contributed by atoms with van der Waals surface area (Å²) in [4.78, 5) is 37.7. The van der Waals surface area contributed by atoms with Gasteiger partial charge in [-0.25, -0.2) is 4.39 Å². The van der Waals surface area contributed by atoms with Crippen molar-refractivity contribution in [2.75, 3.05) is 6.54 Å². The molecule has 2 rings (SSSR count). The first-order valence-corrected chi connectivity index (χ1v) is 9.01. The minimum Gasteiger partial charge on any atom is -0.481 e. The van der Waals surface area contributed by atoms with Crippen LogP contribution in [0.3, 0.4) is 0 Å². The van der Waals surface area contributed by atoms with Crippen molar-refractivity contribution in [3.63, 3.8) is 0 Å². The second-order valence-electron chi connectivity index (χ2n) is 6.42. The summed E-state index contributed by atoms with van der Waals surface area (Å²) in [6, 6.07) is 11.5. The van der Waals surface area contributed by atoms with Crippen LogP contribution in [0.4, 0.5) is 4.39 Å². The smallest absolute Gasteiger partial charge is 0.305 e. The molecule has 0 bridgehead atoms. The van der Waals surface area contributed by atoms with Crippen LogP contribution in [0.1, 0.15) is 27.9 Å². The maximum Gasteiger partial charge on any atom is 0.305 e. The Morgan fingerprint density at radius 1 is 1.13 bits per heavy atom. The van der Waals surface area contributed by atoms with E-state index in [0.29, 0.717) is 5.56 Å². The molecule has 0 aliphatic carbocycles. The molecule has 30 heavy (non-hydrogen) atoms. The van der Waals surface area contributed by atoms with Crippen molar-refractivity contribution in [1.82, 2.24) is 10.6 Å². The van der Waals surface area contributed by atoms with E-state index in [9.17, 15) is 18.8 Å². The number of amides is 2. The molecule has 0 aliphatic rings. The molecule has 0 saturated heterocycles. The number of nitrogens with one attached hydrogen (secondary N) is 2. The lowest BCUT2D eigenvalue weighted by atomic mass is 10.1. The van der Waals surface area contributed by atoms with Gasteiger partial charge in [0.05, 0.1) is 12.8 Å². The lowest BCUT2D eigenvalue weighted by molar-refractivity contribution is -0.137. The molecule has 2 amide bonds. The summed E-state index contributed by atoms with van der Waals surface area (Å²) < 4.78 is 13.6. The Hall–Kier alpha value is -3.91. The molecule has 156 valence electrons. The minimum atomic E-state index is -1.13. The first kappa shape index (κ1) is 22.4. The zero-order chi connectivity index (χ0) is 21.9. The van der Waals surface area contributed by atoms with Crippen LogP contribution in [0.25, 0.3) is 10.4 Å². The number of aliphatic carboxylic acids is 1. The summed E-state index contributed by atoms with van der Waals surface area (Å²) >= 11 is 0. The Kier molecular flexibility index (Phi) is 8.34. The van der Waals surface area contributed by atoms with Crippen LogP contribution < -0.4 is 10.6 Å². The topological polar surface area (TPSA) is 144 Å². The van der Waals surface area contributed by atoms with Crippen molar-refractivity contribution in [1.29, 1.82) is 0 Å². The summed E-state index contributed by atoms with van der Waals surface area (Å²) in [7, 11) is 0. The first-order chi connectivity index (χ1) is 14.4. The molecule has 3 N–H and O–H groups in total. The molecule has 10 heteroatoms. The van der Waals surface area contributed by atoms with Crippen molar-refractivity contribution in [2.24, 2.45) is 5.11 Å². The third-order valence-electron chi connectivity index (χ3n) is 4.14. The van der Waals surface area contributed by atoms with E-state index in [2.05, 4.69) is 20.7 Å². The molecule has 0 heterocycles. The second-order valence-corrected chi connectivity index (χ2v) is 6.42. The number of azide groups is 1. The summed E-state index contributed by atoms with van der Waals surface area (Å²) in [6.07, 6.45) is -0.458. The van der Waals surface area contributed by atoms with Gasteiger partial charge in [0.1, 0.15) is 5.82 Å². The van der Waals surface area contributed by atoms with Crippen LogP contribution in [-0.2, 0) is 22.6 Å². The number of hydrogen-bond donors (Lipinski definition) is 3. The fourth-order valence-electron chi connectivity index (χ4n) is 2.63.